The van der Waals surface area contributed by atoms with E-state index in [0.717, 1.165) is 17.2 Å². The minimum atomic E-state index is 0.210. The van der Waals surface area contributed by atoms with Gasteiger partial charge in [-0.15, -0.1) is 11.3 Å². The molecule has 0 amide bonds. The quantitative estimate of drug-likeness (QED) is 0.809. The molecule has 0 radical (unpaired) electrons. The summed E-state index contributed by atoms with van der Waals surface area (Å²) in [5.41, 5.74) is 1.11. The van der Waals surface area contributed by atoms with Crippen LogP contribution in [0.25, 0.3) is 0 Å². The summed E-state index contributed by atoms with van der Waals surface area (Å²) >= 11 is 1.68. The molecule has 0 aliphatic heterocycles. The third-order valence-corrected chi connectivity index (χ3v) is 2.97. The molecule has 80 valence electrons. The zero-order chi connectivity index (χ0) is 10.6. The van der Waals surface area contributed by atoms with Crippen LogP contribution in [0.1, 0.15) is 24.5 Å². The van der Waals surface area contributed by atoms with Crippen LogP contribution in [-0.4, -0.2) is 34.2 Å². The molecule has 0 aliphatic carbocycles. The fourth-order valence-corrected chi connectivity index (χ4v) is 1.94. The maximum atomic E-state index is 8.91. The van der Waals surface area contributed by atoms with Gasteiger partial charge in [-0.2, -0.15) is 0 Å². The highest BCUT2D eigenvalue weighted by molar-refractivity contribution is 7.09. The van der Waals surface area contributed by atoms with Crippen LogP contribution in [0.2, 0.25) is 0 Å². The normalized spacial score (nSPS) is 11.6. The Bertz CT molecular complexity index is 273. The highest BCUT2D eigenvalue weighted by atomic mass is 32.1. The Balaban J connectivity index is 2.55. The molecule has 0 spiro atoms. The Hall–Kier alpha value is -0.450. The predicted octanol–water partition coefficient (Wildman–Crippen LogP) is 1.65. The SMILES string of the molecule is Cc1nc(CN(CCO)C(C)C)cs1. The van der Waals surface area contributed by atoms with Crippen LogP contribution in [0, 0.1) is 6.92 Å². The Morgan fingerprint density at radius 2 is 2.29 bits per heavy atom. The van der Waals surface area contributed by atoms with Crippen LogP contribution in [-0.2, 0) is 6.54 Å². The molecule has 0 bridgehead atoms. The Labute approximate surface area is 89.4 Å². The molecule has 1 aromatic rings. The molecule has 14 heavy (non-hydrogen) atoms. The summed E-state index contributed by atoms with van der Waals surface area (Å²) in [5, 5.41) is 12.1. The van der Waals surface area contributed by atoms with Crippen molar-refractivity contribution in [2.24, 2.45) is 0 Å². The molecule has 0 saturated carbocycles. The first-order chi connectivity index (χ1) is 6.63. The molecule has 1 heterocycles. The lowest BCUT2D eigenvalue weighted by Gasteiger charge is -2.24. The van der Waals surface area contributed by atoms with Crippen molar-refractivity contribution < 1.29 is 5.11 Å². The topological polar surface area (TPSA) is 36.4 Å². The highest BCUT2D eigenvalue weighted by Crippen LogP contribution is 2.11. The summed E-state index contributed by atoms with van der Waals surface area (Å²) in [6.07, 6.45) is 0. The summed E-state index contributed by atoms with van der Waals surface area (Å²) in [5.74, 6) is 0. The second-order valence-corrected chi connectivity index (χ2v) is 4.71. The Morgan fingerprint density at radius 3 is 2.71 bits per heavy atom. The van der Waals surface area contributed by atoms with Crippen molar-refractivity contribution in [3.8, 4) is 0 Å². The van der Waals surface area contributed by atoms with Crippen molar-refractivity contribution in [1.82, 2.24) is 9.88 Å². The standard InChI is InChI=1S/C10H18N2OS/c1-8(2)12(4-5-13)6-10-7-14-9(3)11-10/h7-8,13H,4-6H2,1-3H3. The highest BCUT2D eigenvalue weighted by Gasteiger charge is 2.10. The molecule has 0 unspecified atom stereocenters. The van der Waals surface area contributed by atoms with E-state index >= 15 is 0 Å². The molecule has 0 aromatic carbocycles. The second kappa shape index (κ2) is 5.44. The fraction of sp³-hybridized carbons (Fsp3) is 0.700. The van der Waals surface area contributed by atoms with Gasteiger partial charge in [0.1, 0.15) is 0 Å². The minimum Gasteiger partial charge on any atom is -0.395 e. The van der Waals surface area contributed by atoms with Crippen molar-refractivity contribution in [2.75, 3.05) is 13.2 Å². The molecule has 4 heteroatoms. The van der Waals surface area contributed by atoms with Crippen molar-refractivity contribution in [2.45, 2.75) is 33.4 Å². The van der Waals surface area contributed by atoms with Gasteiger partial charge in [-0.3, -0.25) is 4.90 Å². The number of aromatic nitrogens is 1. The third kappa shape index (κ3) is 3.36. The van der Waals surface area contributed by atoms with E-state index in [1.165, 1.54) is 0 Å². The second-order valence-electron chi connectivity index (χ2n) is 3.65. The first-order valence-electron chi connectivity index (χ1n) is 4.89. The van der Waals surface area contributed by atoms with E-state index in [1.807, 2.05) is 6.92 Å². The van der Waals surface area contributed by atoms with Gasteiger partial charge in [0.25, 0.3) is 0 Å². The summed E-state index contributed by atoms with van der Waals surface area (Å²) in [6.45, 7) is 8.04. The molecule has 3 nitrogen and oxygen atoms in total. The molecule has 1 rings (SSSR count). The first kappa shape index (κ1) is 11.6. The van der Waals surface area contributed by atoms with E-state index in [0.29, 0.717) is 12.6 Å². The van der Waals surface area contributed by atoms with Gasteiger partial charge < -0.3 is 5.11 Å². The monoisotopic (exact) mass is 214 g/mol. The lowest BCUT2D eigenvalue weighted by molar-refractivity contribution is 0.158. The summed E-state index contributed by atoms with van der Waals surface area (Å²) in [6, 6.07) is 0.448. The van der Waals surface area contributed by atoms with Gasteiger partial charge in [-0.25, -0.2) is 4.98 Å². The third-order valence-electron chi connectivity index (χ3n) is 2.15. The smallest absolute Gasteiger partial charge is 0.0897 e. The average molecular weight is 214 g/mol. The average Bonchev–Trinajstić information content (AvgIpc) is 2.50. The van der Waals surface area contributed by atoms with Crippen LogP contribution in [0.15, 0.2) is 5.38 Å². The van der Waals surface area contributed by atoms with Crippen LogP contribution in [0.3, 0.4) is 0 Å². The lowest BCUT2D eigenvalue weighted by Crippen LogP contribution is -2.33. The Kier molecular flexibility index (Phi) is 4.51. The van der Waals surface area contributed by atoms with Crippen LogP contribution >= 0.6 is 11.3 Å². The van der Waals surface area contributed by atoms with Crippen molar-refractivity contribution in [1.29, 1.82) is 0 Å². The molecule has 0 saturated heterocycles. The van der Waals surface area contributed by atoms with Gasteiger partial charge in [0.05, 0.1) is 17.3 Å². The zero-order valence-corrected chi connectivity index (χ0v) is 9.84. The van der Waals surface area contributed by atoms with E-state index in [1.54, 1.807) is 11.3 Å². The molecule has 0 fully saturated rings. The Morgan fingerprint density at radius 1 is 1.57 bits per heavy atom. The number of aliphatic hydroxyl groups excluding tert-OH is 1. The van der Waals surface area contributed by atoms with E-state index in [-0.39, 0.29) is 6.61 Å². The van der Waals surface area contributed by atoms with Gasteiger partial charge in [-0.1, -0.05) is 0 Å². The van der Waals surface area contributed by atoms with Crippen LogP contribution in [0.5, 0.6) is 0 Å². The van der Waals surface area contributed by atoms with Gasteiger partial charge in [0.2, 0.25) is 0 Å². The lowest BCUT2D eigenvalue weighted by atomic mass is 10.3. The maximum Gasteiger partial charge on any atom is 0.0897 e. The summed E-state index contributed by atoms with van der Waals surface area (Å²) < 4.78 is 0. The summed E-state index contributed by atoms with van der Waals surface area (Å²) in [7, 11) is 0. The van der Waals surface area contributed by atoms with Crippen molar-refractivity contribution in [3.63, 3.8) is 0 Å². The number of hydrogen-bond donors (Lipinski definition) is 1. The number of aliphatic hydroxyl groups is 1. The minimum absolute atomic E-state index is 0.210. The van der Waals surface area contributed by atoms with Gasteiger partial charge >= 0.3 is 0 Å². The van der Waals surface area contributed by atoms with Crippen LogP contribution in [0.4, 0.5) is 0 Å². The fourth-order valence-electron chi connectivity index (χ4n) is 1.34. The molecular formula is C10H18N2OS. The molecule has 1 N–H and O–H groups in total. The van der Waals surface area contributed by atoms with Crippen molar-refractivity contribution >= 4 is 11.3 Å². The number of hydrogen-bond acceptors (Lipinski definition) is 4. The summed E-state index contributed by atoms with van der Waals surface area (Å²) in [4.78, 5) is 6.63. The molecule has 1 aromatic heterocycles. The van der Waals surface area contributed by atoms with Crippen LogP contribution < -0.4 is 0 Å². The number of thiazole rings is 1. The van der Waals surface area contributed by atoms with Gasteiger partial charge in [0, 0.05) is 24.5 Å². The maximum absolute atomic E-state index is 8.91. The van der Waals surface area contributed by atoms with Gasteiger partial charge in [0.15, 0.2) is 0 Å². The first-order valence-corrected chi connectivity index (χ1v) is 5.77. The van der Waals surface area contributed by atoms with E-state index in [2.05, 4.69) is 29.1 Å². The predicted molar refractivity (Wildman–Crippen MR) is 59.5 cm³/mol. The number of rotatable bonds is 5. The van der Waals surface area contributed by atoms with Crippen molar-refractivity contribution in [3.05, 3.63) is 16.1 Å². The molecule has 0 aliphatic rings. The largest absolute Gasteiger partial charge is 0.395 e. The molecular weight excluding hydrogens is 196 g/mol. The number of nitrogens with zero attached hydrogens (tertiary/aromatic N) is 2. The zero-order valence-electron chi connectivity index (χ0n) is 9.03. The van der Waals surface area contributed by atoms with E-state index < -0.39 is 0 Å². The van der Waals surface area contributed by atoms with Gasteiger partial charge in [-0.05, 0) is 20.8 Å². The van der Waals surface area contributed by atoms with E-state index in [9.17, 15) is 0 Å². The number of aryl methyl sites for hydroxylation is 1. The molecule has 0 atom stereocenters. The van der Waals surface area contributed by atoms with E-state index in [4.69, 9.17) is 5.11 Å².